The molecule has 0 radical (unpaired) electrons. The van der Waals surface area contributed by atoms with Crippen molar-refractivity contribution in [1.29, 1.82) is 0 Å². The van der Waals surface area contributed by atoms with Gasteiger partial charge in [-0.2, -0.15) is 0 Å². The molecule has 6 nitrogen and oxygen atoms in total. The Morgan fingerprint density at radius 3 is 2.62 bits per heavy atom. The average Bonchev–Trinajstić information content (AvgIpc) is 2.94. The van der Waals surface area contributed by atoms with Gasteiger partial charge in [0, 0.05) is 31.0 Å². The first-order valence-electron chi connectivity index (χ1n) is 6.92. The van der Waals surface area contributed by atoms with Gasteiger partial charge in [0.2, 0.25) is 0 Å². The third-order valence-electron chi connectivity index (χ3n) is 3.82. The van der Waals surface area contributed by atoms with Gasteiger partial charge in [0.1, 0.15) is 5.76 Å². The summed E-state index contributed by atoms with van der Waals surface area (Å²) in [5.74, 6) is 0.755. The smallest absolute Gasteiger partial charge is 0.317 e. The molecule has 2 amide bonds. The van der Waals surface area contributed by atoms with E-state index >= 15 is 0 Å². The van der Waals surface area contributed by atoms with E-state index in [4.69, 9.17) is 4.52 Å². The Kier molecular flexibility index (Phi) is 4.35. The molecule has 0 aliphatic carbocycles. The van der Waals surface area contributed by atoms with Crippen LogP contribution in [0.25, 0.3) is 0 Å². The van der Waals surface area contributed by atoms with Crippen LogP contribution in [0.1, 0.15) is 28.4 Å². The summed E-state index contributed by atoms with van der Waals surface area (Å²) in [5.41, 5.74) is 4.03. The van der Waals surface area contributed by atoms with E-state index in [-0.39, 0.29) is 6.03 Å². The molecule has 2 aromatic heterocycles. The topological polar surface area (TPSA) is 63.3 Å². The van der Waals surface area contributed by atoms with Crippen LogP contribution in [-0.2, 0) is 20.1 Å². The summed E-state index contributed by atoms with van der Waals surface area (Å²) in [6.07, 6.45) is 0. The number of aromatic nitrogens is 2. The highest BCUT2D eigenvalue weighted by atomic mass is 16.5. The number of carbonyl (C=O) groups is 1. The van der Waals surface area contributed by atoms with Gasteiger partial charge < -0.3 is 19.3 Å². The average molecular weight is 290 g/mol. The van der Waals surface area contributed by atoms with E-state index in [2.05, 4.69) is 15.0 Å². The molecule has 21 heavy (non-hydrogen) atoms. The molecule has 0 aliphatic rings. The van der Waals surface area contributed by atoms with Crippen molar-refractivity contribution >= 4 is 6.03 Å². The van der Waals surface area contributed by atoms with E-state index in [1.807, 2.05) is 40.0 Å². The molecule has 114 valence electrons. The number of urea groups is 1. The fraction of sp³-hybridized carbons (Fsp3) is 0.467. The van der Waals surface area contributed by atoms with Crippen molar-refractivity contribution in [3.63, 3.8) is 0 Å². The highest BCUT2D eigenvalue weighted by Gasteiger charge is 2.15. The molecule has 0 bridgehead atoms. The van der Waals surface area contributed by atoms with Gasteiger partial charge in [0.05, 0.1) is 18.8 Å². The van der Waals surface area contributed by atoms with Crippen molar-refractivity contribution in [2.75, 3.05) is 7.05 Å². The molecule has 1 N–H and O–H groups in total. The van der Waals surface area contributed by atoms with Crippen LogP contribution in [0.2, 0.25) is 0 Å². The third kappa shape index (κ3) is 3.26. The lowest BCUT2D eigenvalue weighted by atomic mass is 10.2. The number of hydrogen-bond acceptors (Lipinski definition) is 3. The van der Waals surface area contributed by atoms with Crippen LogP contribution in [0.3, 0.4) is 0 Å². The van der Waals surface area contributed by atoms with Crippen molar-refractivity contribution in [1.82, 2.24) is 19.9 Å². The quantitative estimate of drug-likeness (QED) is 0.939. The van der Waals surface area contributed by atoms with E-state index in [1.54, 1.807) is 11.9 Å². The van der Waals surface area contributed by atoms with Gasteiger partial charge in [-0.25, -0.2) is 4.79 Å². The first-order chi connectivity index (χ1) is 9.90. The zero-order valence-corrected chi connectivity index (χ0v) is 13.2. The van der Waals surface area contributed by atoms with Crippen LogP contribution in [0.15, 0.2) is 16.7 Å². The lowest BCUT2D eigenvalue weighted by molar-refractivity contribution is 0.206. The summed E-state index contributed by atoms with van der Waals surface area (Å²) in [6, 6.07) is 3.94. The Morgan fingerprint density at radius 1 is 1.38 bits per heavy atom. The lowest BCUT2D eigenvalue weighted by Gasteiger charge is -2.18. The maximum atomic E-state index is 12.1. The zero-order valence-electron chi connectivity index (χ0n) is 13.2. The van der Waals surface area contributed by atoms with E-state index < -0.39 is 0 Å². The van der Waals surface area contributed by atoms with Crippen LogP contribution >= 0.6 is 0 Å². The molecule has 0 unspecified atom stereocenters. The second kappa shape index (κ2) is 6.03. The second-order valence-corrected chi connectivity index (χ2v) is 5.34. The largest absolute Gasteiger partial charge is 0.361 e. The summed E-state index contributed by atoms with van der Waals surface area (Å²) in [7, 11) is 3.75. The SMILES string of the molecule is Cc1noc(C)c1CN(C)C(=O)NCc1ccc(C)n1C. The Bertz CT molecular complexity index is 623. The molecule has 0 atom stereocenters. The van der Waals surface area contributed by atoms with Crippen LogP contribution in [0, 0.1) is 20.8 Å². The number of carbonyl (C=O) groups excluding carboxylic acids is 1. The van der Waals surface area contributed by atoms with Crippen LogP contribution < -0.4 is 5.32 Å². The number of nitrogens with zero attached hydrogens (tertiary/aromatic N) is 3. The monoisotopic (exact) mass is 290 g/mol. The highest BCUT2D eigenvalue weighted by Crippen LogP contribution is 2.14. The minimum Gasteiger partial charge on any atom is -0.361 e. The Hall–Kier alpha value is -2.24. The van der Waals surface area contributed by atoms with E-state index in [9.17, 15) is 4.79 Å². The lowest BCUT2D eigenvalue weighted by Crippen LogP contribution is -2.36. The predicted molar refractivity (Wildman–Crippen MR) is 79.8 cm³/mol. The normalized spacial score (nSPS) is 10.7. The summed E-state index contributed by atoms with van der Waals surface area (Å²) in [6.45, 7) is 6.77. The van der Waals surface area contributed by atoms with Crippen molar-refractivity contribution in [2.45, 2.75) is 33.9 Å². The molecule has 6 heteroatoms. The van der Waals surface area contributed by atoms with Crippen LogP contribution in [0.5, 0.6) is 0 Å². The summed E-state index contributed by atoms with van der Waals surface area (Å²) in [4.78, 5) is 13.8. The van der Waals surface area contributed by atoms with Gasteiger partial charge in [0.25, 0.3) is 0 Å². The van der Waals surface area contributed by atoms with Gasteiger partial charge in [-0.15, -0.1) is 0 Å². The molecular weight excluding hydrogens is 268 g/mol. The molecule has 0 saturated carbocycles. The van der Waals surface area contributed by atoms with Crippen molar-refractivity contribution in [3.05, 3.63) is 40.5 Å². The second-order valence-electron chi connectivity index (χ2n) is 5.34. The van der Waals surface area contributed by atoms with E-state index in [0.717, 1.165) is 22.7 Å². The maximum absolute atomic E-state index is 12.1. The molecule has 2 heterocycles. The molecule has 0 aliphatic heterocycles. The summed E-state index contributed by atoms with van der Waals surface area (Å²) < 4.78 is 7.18. The minimum atomic E-state index is -0.117. The fourth-order valence-corrected chi connectivity index (χ4v) is 2.18. The van der Waals surface area contributed by atoms with Crippen molar-refractivity contribution in [3.8, 4) is 0 Å². The van der Waals surface area contributed by atoms with E-state index in [1.165, 1.54) is 5.69 Å². The van der Waals surface area contributed by atoms with Gasteiger partial charge >= 0.3 is 6.03 Å². The maximum Gasteiger partial charge on any atom is 0.317 e. The standard InChI is InChI=1S/C15H22N4O2/c1-10-6-7-13(19(10)5)8-16-15(20)18(4)9-14-11(2)17-21-12(14)3/h6-7H,8-9H2,1-5H3,(H,16,20). The molecule has 0 aromatic carbocycles. The fourth-order valence-electron chi connectivity index (χ4n) is 2.18. The minimum absolute atomic E-state index is 0.117. The first-order valence-corrected chi connectivity index (χ1v) is 6.92. The van der Waals surface area contributed by atoms with Gasteiger partial charge in [0.15, 0.2) is 0 Å². The molecule has 0 spiro atoms. The van der Waals surface area contributed by atoms with Gasteiger partial charge in [-0.3, -0.25) is 0 Å². The third-order valence-corrected chi connectivity index (χ3v) is 3.82. The highest BCUT2D eigenvalue weighted by molar-refractivity contribution is 5.73. The molecule has 2 aromatic rings. The predicted octanol–water partition coefficient (Wildman–Crippen LogP) is 2.28. The van der Waals surface area contributed by atoms with E-state index in [0.29, 0.717) is 13.1 Å². The number of amides is 2. The first kappa shape index (κ1) is 15.2. The number of rotatable bonds is 4. The van der Waals surface area contributed by atoms with Crippen molar-refractivity contribution in [2.24, 2.45) is 7.05 Å². The Labute approximate surface area is 124 Å². The molecule has 2 rings (SSSR count). The molecule has 0 saturated heterocycles. The van der Waals surface area contributed by atoms with Gasteiger partial charge in [-0.05, 0) is 32.9 Å². The number of nitrogens with one attached hydrogen (secondary N) is 1. The van der Waals surface area contributed by atoms with Crippen molar-refractivity contribution < 1.29 is 9.32 Å². The van der Waals surface area contributed by atoms with Gasteiger partial charge in [-0.1, -0.05) is 5.16 Å². The zero-order chi connectivity index (χ0) is 15.6. The Morgan fingerprint density at radius 2 is 2.10 bits per heavy atom. The summed E-state index contributed by atoms with van der Waals surface area (Å²) >= 11 is 0. The number of hydrogen-bond donors (Lipinski definition) is 1. The van der Waals surface area contributed by atoms with Crippen LogP contribution in [-0.4, -0.2) is 27.7 Å². The molecular formula is C15H22N4O2. The van der Waals surface area contributed by atoms with Crippen LogP contribution in [0.4, 0.5) is 4.79 Å². The number of aryl methyl sites for hydroxylation is 3. The Balaban J connectivity index is 1.93. The molecule has 0 fully saturated rings. The summed E-state index contributed by atoms with van der Waals surface area (Å²) in [5, 5.41) is 6.82.